The maximum Gasteiger partial charge on any atom is 0.256 e. The third-order valence-corrected chi connectivity index (χ3v) is 6.29. The van der Waals surface area contributed by atoms with E-state index in [9.17, 15) is 4.79 Å². The molecule has 6 heteroatoms. The summed E-state index contributed by atoms with van der Waals surface area (Å²) in [5.74, 6) is 0.782. The number of carbonyl (C=O) groups excluding carboxylic acids is 1. The Morgan fingerprint density at radius 3 is 2.36 bits per heavy atom. The molecule has 182 valence electrons. The number of aromatic nitrogens is 2. The third-order valence-electron chi connectivity index (χ3n) is 6.29. The third kappa shape index (κ3) is 5.39. The van der Waals surface area contributed by atoms with Crippen LogP contribution in [-0.4, -0.2) is 34.0 Å². The van der Waals surface area contributed by atoms with Gasteiger partial charge >= 0.3 is 0 Å². The van der Waals surface area contributed by atoms with Crippen LogP contribution in [0.1, 0.15) is 28.1 Å². The van der Waals surface area contributed by atoms with Crippen LogP contribution >= 0.6 is 0 Å². The van der Waals surface area contributed by atoms with Gasteiger partial charge in [0.1, 0.15) is 12.5 Å². The van der Waals surface area contributed by atoms with E-state index in [0.717, 1.165) is 33.8 Å². The summed E-state index contributed by atoms with van der Waals surface area (Å²) in [7, 11) is 1.65. The average Bonchev–Trinajstić information content (AvgIpc) is 3.27. The molecule has 0 saturated carbocycles. The summed E-state index contributed by atoms with van der Waals surface area (Å²) in [5.41, 5.74) is 5.49. The highest BCUT2D eigenvalue weighted by Crippen LogP contribution is 2.29. The Kier molecular flexibility index (Phi) is 7.24. The Balaban J connectivity index is 1.43. The lowest BCUT2D eigenvalue weighted by Gasteiger charge is -2.22. The molecule has 0 atom stereocenters. The van der Waals surface area contributed by atoms with E-state index in [2.05, 4.69) is 4.98 Å². The van der Waals surface area contributed by atoms with Crippen molar-refractivity contribution >= 4 is 17.6 Å². The number of rotatable bonds is 8. The van der Waals surface area contributed by atoms with E-state index >= 15 is 0 Å². The summed E-state index contributed by atoms with van der Waals surface area (Å²) >= 11 is 0. The summed E-state index contributed by atoms with van der Waals surface area (Å²) in [6.45, 7) is 1.91. The molecule has 2 heterocycles. The lowest BCUT2D eigenvalue weighted by Crippen LogP contribution is -2.31. The van der Waals surface area contributed by atoms with Crippen LogP contribution in [0.2, 0.25) is 0 Å². The van der Waals surface area contributed by atoms with Crippen molar-refractivity contribution < 1.29 is 14.3 Å². The first-order chi connectivity index (χ1) is 17.7. The van der Waals surface area contributed by atoms with Crippen molar-refractivity contribution in [2.45, 2.75) is 26.3 Å². The number of carbonyl (C=O) groups is 1. The summed E-state index contributed by atoms with van der Waals surface area (Å²) in [5, 5.41) is 0. The molecule has 0 bridgehead atoms. The summed E-state index contributed by atoms with van der Waals surface area (Å²) in [6.07, 6.45) is 4.42. The molecule has 1 amide bonds. The van der Waals surface area contributed by atoms with Gasteiger partial charge in [0.15, 0.2) is 0 Å². The number of methoxy groups -OCH3 is 1. The van der Waals surface area contributed by atoms with Crippen molar-refractivity contribution in [3.8, 4) is 5.75 Å². The number of ether oxygens (including phenoxy) is 2. The second-order valence-electron chi connectivity index (χ2n) is 8.77. The number of nitrogens with zero attached hydrogens (tertiary/aromatic N) is 3. The quantitative estimate of drug-likeness (QED) is 0.326. The van der Waals surface area contributed by atoms with Crippen LogP contribution in [0.3, 0.4) is 0 Å². The zero-order chi connectivity index (χ0) is 24.7. The minimum absolute atomic E-state index is 0.0155. The molecule has 4 aromatic rings. The first-order valence-corrected chi connectivity index (χ1v) is 12.1. The molecule has 36 heavy (non-hydrogen) atoms. The van der Waals surface area contributed by atoms with Crippen molar-refractivity contribution in [1.29, 1.82) is 0 Å². The zero-order valence-corrected chi connectivity index (χ0v) is 20.3. The molecular weight excluding hydrogens is 450 g/mol. The lowest BCUT2D eigenvalue weighted by atomic mass is 10.1. The molecule has 0 aliphatic carbocycles. The Morgan fingerprint density at radius 2 is 1.64 bits per heavy atom. The first-order valence-electron chi connectivity index (χ1n) is 12.1. The number of fused-ring (bicyclic) bond motifs is 1. The smallest absolute Gasteiger partial charge is 0.256 e. The van der Waals surface area contributed by atoms with Crippen LogP contribution in [-0.2, 0) is 35.8 Å². The Bertz CT molecular complexity index is 1330. The van der Waals surface area contributed by atoms with E-state index in [-0.39, 0.29) is 5.91 Å². The fourth-order valence-electron chi connectivity index (χ4n) is 4.41. The first kappa shape index (κ1) is 23.6. The van der Waals surface area contributed by atoms with Crippen LogP contribution in [0.15, 0.2) is 91.3 Å². The molecule has 0 N–H and O–H groups in total. The van der Waals surface area contributed by atoms with Crippen molar-refractivity contribution in [1.82, 2.24) is 14.5 Å². The van der Waals surface area contributed by atoms with E-state index in [1.807, 2.05) is 100 Å². The molecule has 1 aliphatic heterocycles. The van der Waals surface area contributed by atoms with Gasteiger partial charge in [0.05, 0.1) is 37.0 Å². The van der Waals surface area contributed by atoms with Crippen molar-refractivity contribution in [3.63, 3.8) is 0 Å². The molecule has 0 spiro atoms. The van der Waals surface area contributed by atoms with Gasteiger partial charge in [0.2, 0.25) is 0 Å². The summed E-state index contributed by atoms with van der Waals surface area (Å²) < 4.78 is 13.2. The summed E-state index contributed by atoms with van der Waals surface area (Å²) in [6, 6.07) is 27.8. The number of imidazole rings is 1. The maximum atomic E-state index is 13.9. The van der Waals surface area contributed by atoms with E-state index in [1.54, 1.807) is 13.4 Å². The lowest BCUT2D eigenvalue weighted by molar-refractivity contribution is -0.125. The van der Waals surface area contributed by atoms with Crippen molar-refractivity contribution in [3.05, 3.63) is 119 Å². The van der Waals surface area contributed by atoms with Crippen LogP contribution in [0.4, 0.5) is 0 Å². The van der Waals surface area contributed by atoms with E-state index < -0.39 is 0 Å². The summed E-state index contributed by atoms with van der Waals surface area (Å²) in [4.78, 5) is 20.5. The molecule has 0 radical (unpaired) electrons. The van der Waals surface area contributed by atoms with Gasteiger partial charge in [-0.25, -0.2) is 4.98 Å². The molecule has 5 rings (SSSR count). The average molecular weight is 480 g/mol. The number of hydrogen-bond donors (Lipinski definition) is 0. The molecule has 3 aromatic carbocycles. The normalized spacial score (nSPS) is 14.5. The fourth-order valence-corrected chi connectivity index (χ4v) is 4.41. The van der Waals surface area contributed by atoms with Crippen LogP contribution in [0.5, 0.6) is 5.75 Å². The molecule has 1 aliphatic rings. The second kappa shape index (κ2) is 11.1. The van der Waals surface area contributed by atoms with Gasteiger partial charge in [0, 0.05) is 19.5 Å². The topological polar surface area (TPSA) is 56.6 Å². The van der Waals surface area contributed by atoms with Crippen LogP contribution < -0.4 is 4.74 Å². The standard InChI is InChI=1S/C30H29N3O3/c1-35-26-14-12-24(13-15-26)19-32-17-16-28-29(27(30(32)34)18-23-8-4-2-5-9-23)33(21-31-28)22-36-20-25-10-6-3-7-11-25/h2-15,18,21H,16-17,19-20,22H2,1H3/b27-18-. The molecule has 0 fully saturated rings. The Labute approximate surface area is 211 Å². The monoisotopic (exact) mass is 479 g/mol. The van der Waals surface area contributed by atoms with Crippen molar-refractivity contribution in [2.24, 2.45) is 0 Å². The van der Waals surface area contributed by atoms with Gasteiger partial charge in [-0.15, -0.1) is 0 Å². The molecular formula is C30H29N3O3. The van der Waals surface area contributed by atoms with Gasteiger partial charge in [-0.1, -0.05) is 72.8 Å². The highest BCUT2D eigenvalue weighted by molar-refractivity contribution is 6.24. The highest BCUT2D eigenvalue weighted by atomic mass is 16.5. The number of amides is 1. The molecule has 0 unspecified atom stereocenters. The predicted molar refractivity (Wildman–Crippen MR) is 140 cm³/mol. The highest BCUT2D eigenvalue weighted by Gasteiger charge is 2.29. The Hall–Kier alpha value is -4.16. The number of hydrogen-bond acceptors (Lipinski definition) is 4. The van der Waals surface area contributed by atoms with E-state index in [0.29, 0.717) is 38.4 Å². The van der Waals surface area contributed by atoms with E-state index in [1.165, 1.54) is 0 Å². The maximum absolute atomic E-state index is 13.9. The van der Waals surface area contributed by atoms with Gasteiger partial charge in [-0.2, -0.15) is 0 Å². The predicted octanol–water partition coefficient (Wildman–Crippen LogP) is 5.19. The molecule has 6 nitrogen and oxygen atoms in total. The minimum Gasteiger partial charge on any atom is -0.497 e. The second-order valence-corrected chi connectivity index (χ2v) is 8.77. The SMILES string of the molecule is COc1ccc(CN2CCc3ncn(COCc4ccccc4)c3/C(=C/c3ccccc3)C2=O)cc1. The van der Waals surface area contributed by atoms with E-state index in [4.69, 9.17) is 9.47 Å². The van der Waals surface area contributed by atoms with Gasteiger partial charge in [-0.3, -0.25) is 4.79 Å². The fraction of sp³-hybridized carbons (Fsp3) is 0.200. The largest absolute Gasteiger partial charge is 0.497 e. The van der Waals surface area contributed by atoms with Gasteiger partial charge < -0.3 is 18.9 Å². The van der Waals surface area contributed by atoms with Crippen molar-refractivity contribution in [2.75, 3.05) is 13.7 Å². The molecule has 0 saturated heterocycles. The van der Waals surface area contributed by atoms with Gasteiger partial charge in [0.25, 0.3) is 5.91 Å². The zero-order valence-electron chi connectivity index (χ0n) is 20.3. The number of benzene rings is 3. The Morgan fingerprint density at radius 1 is 0.917 bits per heavy atom. The van der Waals surface area contributed by atoms with Gasteiger partial charge in [-0.05, 0) is 34.9 Å². The van der Waals surface area contributed by atoms with Crippen LogP contribution in [0.25, 0.3) is 11.6 Å². The molecule has 1 aromatic heterocycles. The van der Waals surface area contributed by atoms with Crippen LogP contribution in [0, 0.1) is 0 Å². The minimum atomic E-state index is -0.0155.